The molecule has 5 rings (SSSR count). The number of anilines is 3. The van der Waals surface area contributed by atoms with E-state index < -0.39 is 5.97 Å². The van der Waals surface area contributed by atoms with Crippen LogP contribution in [0.15, 0.2) is 47.6 Å². The molecule has 0 bridgehead atoms. The Bertz CT molecular complexity index is 1290. The summed E-state index contributed by atoms with van der Waals surface area (Å²) in [6.45, 7) is 5.30. The fraction of sp³-hybridized carbons (Fsp3) is 0.346. The predicted octanol–water partition coefficient (Wildman–Crippen LogP) is 2.82. The van der Waals surface area contributed by atoms with Crippen molar-refractivity contribution >= 4 is 52.6 Å². The molecule has 0 amide bonds. The summed E-state index contributed by atoms with van der Waals surface area (Å²) in [5.41, 5.74) is 4.12. The lowest BCUT2D eigenvalue weighted by molar-refractivity contribution is 0.0729. The fourth-order valence-corrected chi connectivity index (χ4v) is 4.54. The first kappa shape index (κ1) is 27.0. The highest BCUT2D eigenvalue weighted by molar-refractivity contribution is 14.1. The smallest absolute Gasteiger partial charge is 0.343 e. The van der Waals surface area contributed by atoms with Gasteiger partial charge >= 0.3 is 5.97 Å². The fourth-order valence-electron chi connectivity index (χ4n) is 4.00. The summed E-state index contributed by atoms with van der Waals surface area (Å²) in [5, 5.41) is 4.33. The zero-order chi connectivity index (χ0) is 27.0. The number of carbonyl (C=O) groups is 1. The van der Waals surface area contributed by atoms with Crippen molar-refractivity contribution in [2.75, 3.05) is 74.9 Å². The Balaban J connectivity index is 1.30. The van der Waals surface area contributed by atoms with Gasteiger partial charge in [0.1, 0.15) is 0 Å². The van der Waals surface area contributed by atoms with Crippen LogP contribution in [0.1, 0.15) is 15.9 Å². The van der Waals surface area contributed by atoms with E-state index in [1.165, 1.54) is 7.11 Å². The Morgan fingerprint density at radius 3 is 2.23 bits per heavy atom. The van der Waals surface area contributed by atoms with Crippen LogP contribution >= 0.6 is 22.6 Å². The number of halogens is 1. The molecule has 1 N–H and O–H groups in total. The summed E-state index contributed by atoms with van der Waals surface area (Å²) in [7, 11) is 1.52. The van der Waals surface area contributed by atoms with Crippen molar-refractivity contribution in [3.63, 3.8) is 0 Å². The molecule has 0 spiro atoms. The number of nitrogens with one attached hydrogen (secondary N) is 1. The number of morpholine rings is 2. The average Bonchev–Trinajstić information content (AvgIpc) is 2.98. The largest absolute Gasteiger partial charge is 0.493 e. The van der Waals surface area contributed by atoms with Gasteiger partial charge in [0.05, 0.1) is 45.3 Å². The molecule has 12 nitrogen and oxygen atoms in total. The molecular formula is C26H28IN7O5. The highest BCUT2D eigenvalue weighted by Gasteiger charge is 2.20. The molecule has 204 valence electrons. The molecular weight excluding hydrogens is 617 g/mol. The molecule has 0 aliphatic carbocycles. The minimum Gasteiger partial charge on any atom is -0.493 e. The first-order chi connectivity index (χ1) is 19.1. The van der Waals surface area contributed by atoms with Gasteiger partial charge in [0, 0.05) is 29.7 Å². The Morgan fingerprint density at radius 2 is 1.62 bits per heavy atom. The lowest BCUT2D eigenvalue weighted by Crippen LogP contribution is -2.40. The van der Waals surface area contributed by atoms with Crippen LogP contribution in [0.5, 0.6) is 11.5 Å². The molecule has 0 saturated carbocycles. The van der Waals surface area contributed by atoms with Crippen molar-refractivity contribution in [2.24, 2.45) is 5.10 Å². The lowest BCUT2D eigenvalue weighted by Gasteiger charge is -2.30. The standard InChI is InChI=1S/C26H28IN7O5/c1-36-22-15-18(5-6-21(22)39-23(35)19-3-2-4-20(27)16-19)17-28-32-24-29-25(33-7-11-37-12-8-33)31-26(30-24)34-9-13-38-14-10-34/h2-6,15-17H,7-14H2,1H3,(H,29,30,31,32). The second-order valence-corrected chi connectivity index (χ2v) is 9.88. The number of methoxy groups -OCH3 is 1. The van der Waals surface area contributed by atoms with Crippen LogP contribution in [0.3, 0.4) is 0 Å². The van der Waals surface area contributed by atoms with Gasteiger partial charge in [-0.25, -0.2) is 10.2 Å². The molecule has 13 heteroatoms. The molecule has 0 atom stereocenters. The number of hydrogen-bond acceptors (Lipinski definition) is 12. The minimum absolute atomic E-state index is 0.314. The zero-order valence-electron chi connectivity index (χ0n) is 21.4. The maximum atomic E-state index is 12.6. The van der Waals surface area contributed by atoms with Gasteiger partial charge in [-0.15, -0.1) is 0 Å². The first-order valence-electron chi connectivity index (χ1n) is 12.5. The monoisotopic (exact) mass is 645 g/mol. The highest BCUT2D eigenvalue weighted by atomic mass is 127. The van der Waals surface area contributed by atoms with Crippen molar-refractivity contribution in [1.29, 1.82) is 0 Å². The van der Waals surface area contributed by atoms with E-state index >= 15 is 0 Å². The van der Waals surface area contributed by atoms with Gasteiger partial charge in [-0.1, -0.05) is 6.07 Å². The maximum Gasteiger partial charge on any atom is 0.343 e. The Kier molecular flexibility index (Phi) is 9.00. The molecule has 1 aromatic heterocycles. The normalized spacial score (nSPS) is 15.8. The summed E-state index contributed by atoms with van der Waals surface area (Å²) in [6, 6.07) is 12.4. The summed E-state index contributed by atoms with van der Waals surface area (Å²) >= 11 is 2.15. The second kappa shape index (κ2) is 13.0. The molecule has 2 fully saturated rings. The van der Waals surface area contributed by atoms with Crippen molar-refractivity contribution in [3.05, 3.63) is 57.2 Å². The van der Waals surface area contributed by atoms with Gasteiger partial charge in [0.2, 0.25) is 17.8 Å². The summed E-state index contributed by atoms with van der Waals surface area (Å²) in [5.74, 6) is 1.74. The lowest BCUT2D eigenvalue weighted by atomic mass is 10.2. The van der Waals surface area contributed by atoms with E-state index in [-0.39, 0.29) is 0 Å². The maximum absolute atomic E-state index is 12.6. The van der Waals surface area contributed by atoms with E-state index in [0.717, 1.165) is 9.13 Å². The molecule has 2 aliphatic rings. The number of carbonyl (C=O) groups excluding carboxylic acids is 1. The van der Waals surface area contributed by atoms with E-state index in [1.54, 1.807) is 36.5 Å². The van der Waals surface area contributed by atoms with E-state index in [0.29, 0.717) is 87.5 Å². The SMILES string of the molecule is COc1cc(C=NNc2nc(N3CCOCC3)nc(N3CCOCC3)n2)ccc1OC(=O)c1cccc(I)c1. The van der Waals surface area contributed by atoms with E-state index in [2.05, 4.69) is 52.9 Å². The number of ether oxygens (including phenoxy) is 4. The van der Waals surface area contributed by atoms with Crippen molar-refractivity contribution < 1.29 is 23.7 Å². The second-order valence-electron chi connectivity index (χ2n) is 8.64. The zero-order valence-corrected chi connectivity index (χ0v) is 23.5. The average molecular weight is 645 g/mol. The van der Waals surface area contributed by atoms with Crippen LogP contribution in [0, 0.1) is 3.57 Å². The molecule has 3 heterocycles. The number of esters is 1. The van der Waals surface area contributed by atoms with Gasteiger partial charge in [0.25, 0.3) is 0 Å². The Hall–Kier alpha value is -3.56. The van der Waals surface area contributed by atoms with Gasteiger partial charge in [-0.3, -0.25) is 0 Å². The third-order valence-electron chi connectivity index (χ3n) is 6.03. The van der Waals surface area contributed by atoms with Gasteiger partial charge < -0.3 is 28.7 Å². The van der Waals surface area contributed by atoms with Crippen molar-refractivity contribution in [3.8, 4) is 11.5 Å². The van der Waals surface area contributed by atoms with Crippen LogP contribution in [0.4, 0.5) is 17.8 Å². The number of benzene rings is 2. The van der Waals surface area contributed by atoms with Crippen LogP contribution in [-0.4, -0.2) is 86.9 Å². The van der Waals surface area contributed by atoms with Crippen LogP contribution in [-0.2, 0) is 9.47 Å². The summed E-state index contributed by atoms with van der Waals surface area (Å²) < 4.78 is 22.9. The molecule has 39 heavy (non-hydrogen) atoms. The highest BCUT2D eigenvalue weighted by Crippen LogP contribution is 2.28. The van der Waals surface area contributed by atoms with Gasteiger partial charge in [-0.2, -0.15) is 20.1 Å². The topological polar surface area (TPSA) is 124 Å². The molecule has 0 unspecified atom stereocenters. The molecule has 0 radical (unpaired) electrons. The number of nitrogens with zero attached hydrogens (tertiary/aromatic N) is 6. The third-order valence-corrected chi connectivity index (χ3v) is 6.70. The van der Waals surface area contributed by atoms with Crippen molar-refractivity contribution in [1.82, 2.24) is 15.0 Å². The number of rotatable bonds is 8. The van der Waals surface area contributed by atoms with E-state index in [9.17, 15) is 4.79 Å². The molecule has 2 aromatic carbocycles. The van der Waals surface area contributed by atoms with E-state index in [4.69, 9.17) is 23.9 Å². The molecule has 2 saturated heterocycles. The Labute approximate surface area is 239 Å². The summed E-state index contributed by atoms with van der Waals surface area (Å²) in [6.07, 6.45) is 1.61. The van der Waals surface area contributed by atoms with E-state index in [1.807, 2.05) is 12.1 Å². The number of hydrazone groups is 1. The molecule has 3 aromatic rings. The van der Waals surface area contributed by atoms with Crippen molar-refractivity contribution in [2.45, 2.75) is 0 Å². The molecule has 2 aliphatic heterocycles. The number of hydrogen-bond donors (Lipinski definition) is 1. The Morgan fingerprint density at radius 1 is 0.949 bits per heavy atom. The van der Waals surface area contributed by atoms with Crippen LogP contribution in [0.2, 0.25) is 0 Å². The minimum atomic E-state index is -0.461. The quantitative estimate of drug-likeness (QED) is 0.128. The van der Waals surface area contributed by atoms with Crippen LogP contribution < -0.4 is 24.7 Å². The predicted molar refractivity (Wildman–Crippen MR) is 154 cm³/mol. The first-order valence-corrected chi connectivity index (χ1v) is 13.5. The summed E-state index contributed by atoms with van der Waals surface area (Å²) in [4.78, 5) is 30.6. The van der Waals surface area contributed by atoms with Crippen LogP contribution in [0.25, 0.3) is 0 Å². The van der Waals surface area contributed by atoms with Gasteiger partial charge in [-0.05, 0) is 64.6 Å². The third kappa shape index (κ3) is 7.10. The number of aromatic nitrogens is 3. The van der Waals surface area contributed by atoms with Gasteiger partial charge in [0.15, 0.2) is 11.5 Å².